The molecule has 2 rings (SSSR count). The Balaban J connectivity index is 2.08. The van der Waals surface area contributed by atoms with Gasteiger partial charge in [-0.05, 0) is 33.1 Å². The average Bonchev–Trinajstić information content (AvgIpc) is 3.17. The van der Waals surface area contributed by atoms with Gasteiger partial charge in [0.25, 0.3) is 0 Å². The third-order valence-corrected chi connectivity index (χ3v) is 10.1. The van der Waals surface area contributed by atoms with E-state index >= 15 is 0 Å². The van der Waals surface area contributed by atoms with Crippen LogP contribution < -0.4 is 5.32 Å². The van der Waals surface area contributed by atoms with Crippen molar-refractivity contribution >= 4 is 31.7 Å². The predicted molar refractivity (Wildman–Crippen MR) is 122 cm³/mol. The summed E-state index contributed by atoms with van der Waals surface area (Å²) < 4.78 is 60.1. The highest BCUT2D eigenvalue weighted by molar-refractivity contribution is 7.94. The van der Waals surface area contributed by atoms with Crippen LogP contribution in [-0.2, 0) is 34.8 Å². The monoisotopic (exact) mass is 493 g/mol. The van der Waals surface area contributed by atoms with Crippen molar-refractivity contribution in [3.05, 3.63) is 11.8 Å². The van der Waals surface area contributed by atoms with E-state index in [1.165, 1.54) is 18.2 Å². The highest BCUT2D eigenvalue weighted by atomic mass is 32.2. The van der Waals surface area contributed by atoms with E-state index in [-0.39, 0.29) is 31.8 Å². The van der Waals surface area contributed by atoms with Crippen molar-refractivity contribution in [1.82, 2.24) is 9.46 Å². The number of carbonyl (C=O) groups excluding carboxylic acids is 1. The van der Waals surface area contributed by atoms with Crippen LogP contribution in [0.2, 0.25) is 0 Å². The predicted octanol–water partition coefficient (Wildman–Crippen LogP) is 1.93. The van der Waals surface area contributed by atoms with E-state index in [2.05, 4.69) is 10.5 Å². The van der Waals surface area contributed by atoms with Crippen LogP contribution in [-0.4, -0.2) is 74.8 Å². The topological polar surface area (TPSA) is 136 Å². The molecule has 1 saturated heterocycles. The molecular weight excluding hydrogens is 458 g/mol. The van der Waals surface area contributed by atoms with Gasteiger partial charge >= 0.3 is 0 Å². The van der Waals surface area contributed by atoms with Gasteiger partial charge in [-0.1, -0.05) is 25.9 Å². The maximum atomic E-state index is 13.2. The molecule has 1 aromatic heterocycles. The van der Waals surface area contributed by atoms with Crippen LogP contribution in [0.4, 0.5) is 5.88 Å². The van der Waals surface area contributed by atoms with Crippen molar-refractivity contribution in [2.75, 3.05) is 37.9 Å². The SMILES string of the molecule is CCCOCC(C)(C)c1cc(NC(=O)C(C)(C)S(=O)(=O)C2CCN(S(C)(=O)=O)CC2)on1. The normalized spacial score (nSPS) is 17.4. The van der Waals surface area contributed by atoms with Gasteiger partial charge in [0.2, 0.25) is 21.8 Å². The number of hydrogen-bond donors (Lipinski definition) is 1. The van der Waals surface area contributed by atoms with E-state index in [0.717, 1.165) is 12.7 Å². The first-order valence-corrected chi connectivity index (χ1v) is 14.1. The number of sulfonamides is 1. The number of piperidine rings is 1. The molecule has 12 heteroatoms. The summed E-state index contributed by atoms with van der Waals surface area (Å²) in [6.07, 6.45) is 2.28. The minimum atomic E-state index is -3.90. The number of rotatable bonds is 10. The van der Waals surface area contributed by atoms with Crippen molar-refractivity contribution < 1.29 is 30.9 Å². The van der Waals surface area contributed by atoms with Gasteiger partial charge in [0, 0.05) is 31.2 Å². The van der Waals surface area contributed by atoms with E-state index < -0.39 is 41.2 Å². The number of anilines is 1. The molecule has 0 atom stereocenters. The Morgan fingerprint density at radius 1 is 1.22 bits per heavy atom. The quantitative estimate of drug-likeness (QED) is 0.488. The lowest BCUT2D eigenvalue weighted by molar-refractivity contribution is -0.118. The number of nitrogens with one attached hydrogen (secondary N) is 1. The summed E-state index contributed by atoms with van der Waals surface area (Å²) in [6, 6.07) is 1.57. The number of hydrogen-bond acceptors (Lipinski definition) is 8. The van der Waals surface area contributed by atoms with Gasteiger partial charge in [-0.25, -0.2) is 21.1 Å². The molecule has 0 unspecified atom stereocenters. The Hall–Kier alpha value is -1.50. The van der Waals surface area contributed by atoms with E-state index in [1.807, 2.05) is 20.8 Å². The minimum Gasteiger partial charge on any atom is -0.380 e. The van der Waals surface area contributed by atoms with Crippen molar-refractivity contribution in [2.24, 2.45) is 0 Å². The zero-order chi connectivity index (χ0) is 24.4. The van der Waals surface area contributed by atoms with E-state index in [9.17, 15) is 21.6 Å². The molecule has 0 spiro atoms. The molecule has 0 saturated carbocycles. The Morgan fingerprint density at radius 3 is 2.34 bits per heavy atom. The van der Waals surface area contributed by atoms with E-state index in [0.29, 0.717) is 18.9 Å². The molecule has 0 radical (unpaired) electrons. The van der Waals surface area contributed by atoms with Gasteiger partial charge < -0.3 is 9.26 Å². The number of ether oxygens (including phenoxy) is 1. The summed E-state index contributed by atoms with van der Waals surface area (Å²) in [5.41, 5.74) is 0.134. The summed E-state index contributed by atoms with van der Waals surface area (Å²) in [6.45, 7) is 9.85. The number of carbonyl (C=O) groups is 1. The Bertz CT molecular complexity index is 1010. The summed E-state index contributed by atoms with van der Waals surface area (Å²) in [5, 5.41) is 5.72. The summed E-state index contributed by atoms with van der Waals surface area (Å²) in [4.78, 5) is 12.9. The molecule has 32 heavy (non-hydrogen) atoms. The highest BCUT2D eigenvalue weighted by Crippen LogP contribution is 2.31. The lowest BCUT2D eigenvalue weighted by Gasteiger charge is -2.34. The first-order chi connectivity index (χ1) is 14.6. The third-order valence-electron chi connectivity index (χ3n) is 5.82. The molecule has 1 aromatic rings. The lowest BCUT2D eigenvalue weighted by Crippen LogP contribution is -2.52. The van der Waals surface area contributed by atoms with Crippen molar-refractivity contribution in [3.8, 4) is 0 Å². The Kier molecular flexibility index (Phi) is 8.17. The van der Waals surface area contributed by atoms with Crippen LogP contribution in [0.1, 0.15) is 59.6 Å². The fraction of sp³-hybridized carbons (Fsp3) is 0.800. The molecule has 1 amide bonds. The van der Waals surface area contributed by atoms with Gasteiger partial charge in [-0.2, -0.15) is 0 Å². The molecule has 1 N–H and O–H groups in total. The van der Waals surface area contributed by atoms with Crippen molar-refractivity contribution in [2.45, 2.75) is 69.3 Å². The molecule has 1 fully saturated rings. The summed E-state index contributed by atoms with van der Waals surface area (Å²) in [5.74, 6) is -0.672. The largest absolute Gasteiger partial charge is 0.380 e. The lowest BCUT2D eigenvalue weighted by atomic mass is 9.90. The van der Waals surface area contributed by atoms with Crippen LogP contribution in [0, 0.1) is 0 Å². The molecule has 1 aliphatic heterocycles. The smallest absolute Gasteiger partial charge is 0.247 e. The van der Waals surface area contributed by atoms with Crippen LogP contribution in [0.3, 0.4) is 0 Å². The molecule has 0 bridgehead atoms. The zero-order valence-corrected chi connectivity index (χ0v) is 21.3. The van der Waals surface area contributed by atoms with Gasteiger partial charge in [-0.3, -0.25) is 10.1 Å². The van der Waals surface area contributed by atoms with E-state index in [4.69, 9.17) is 9.26 Å². The first-order valence-electron chi connectivity index (χ1n) is 10.7. The second-order valence-electron chi connectivity index (χ2n) is 9.38. The van der Waals surface area contributed by atoms with E-state index in [1.54, 1.807) is 6.07 Å². The van der Waals surface area contributed by atoms with Gasteiger partial charge in [0.15, 0.2) is 9.84 Å². The first kappa shape index (κ1) is 26.7. The van der Waals surface area contributed by atoms with Crippen molar-refractivity contribution in [1.29, 1.82) is 0 Å². The molecule has 0 aliphatic carbocycles. The van der Waals surface area contributed by atoms with Gasteiger partial charge in [0.1, 0.15) is 4.75 Å². The van der Waals surface area contributed by atoms with Crippen LogP contribution in [0.15, 0.2) is 10.6 Å². The van der Waals surface area contributed by atoms with Gasteiger partial charge in [0.05, 0.1) is 23.8 Å². The minimum absolute atomic E-state index is 0.0590. The maximum Gasteiger partial charge on any atom is 0.247 e. The highest BCUT2D eigenvalue weighted by Gasteiger charge is 2.47. The number of nitrogens with zero attached hydrogens (tertiary/aromatic N) is 2. The fourth-order valence-corrected chi connectivity index (χ4v) is 6.33. The molecule has 184 valence electrons. The van der Waals surface area contributed by atoms with Crippen LogP contribution in [0.25, 0.3) is 0 Å². The Labute approximate surface area is 191 Å². The number of sulfone groups is 1. The van der Waals surface area contributed by atoms with Crippen LogP contribution >= 0.6 is 0 Å². The maximum absolute atomic E-state index is 13.2. The summed E-state index contributed by atoms with van der Waals surface area (Å²) >= 11 is 0. The van der Waals surface area contributed by atoms with Gasteiger partial charge in [-0.15, -0.1) is 0 Å². The third kappa shape index (κ3) is 5.89. The average molecular weight is 494 g/mol. The van der Waals surface area contributed by atoms with Crippen LogP contribution in [0.5, 0.6) is 0 Å². The zero-order valence-electron chi connectivity index (χ0n) is 19.7. The fourth-order valence-electron chi connectivity index (χ4n) is 3.48. The molecule has 10 nitrogen and oxygen atoms in total. The molecule has 2 heterocycles. The molecular formula is C20H35N3O7S2. The standard InChI is InChI=1S/C20H35N3O7S2/c1-7-12-29-14-19(2,3)16-13-17(30-22-16)21-18(24)20(4,5)32(27,28)15-8-10-23(11-9-15)31(6,25)26/h13,15H,7-12,14H2,1-6H3,(H,21,24). The molecule has 0 aromatic carbocycles. The second-order valence-corrected chi connectivity index (χ2v) is 14.1. The summed E-state index contributed by atoms with van der Waals surface area (Å²) in [7, 11) is -7.28. The second kappa shape index (κ2) is 9.78. The number of aromatic nitrogens is 1. The van der Waals surface area contributed by atoms with Crippen molar-refractivity contribution in [3.63, 3.8) is 0 Å². The molecule has 1 aliphatic rings. The Morgan fingerprint density at radius 2 is 1.81 bits per heavy atom. The number of amides is 1.